The van der Waals surface area contributed by atoms with E-state index in [0.29, 0.717) is 18.9 Å². The number of nitrogens with one attached hydrogen (secondary N) is 1. The van der Waals surface area contributed by atoms with Gasteiger partial charge in [0.1, 0.15) is 0 Å². The minimum Gasteiger partial charge on any atom is -0.481 e. The molecule has 2 amide bonds. The predicted molar refractivity (Wildman–Crippen MR) is 86.8 cm³/mol. The molecule has 122 valence electrons. The van der Waals surface area contributed by atoms with E-state index in [-0.39, 0.29) is 12.5 Å². The minimum absolute atomic E-state index is 0.0111. The largest absolute Gasteiger partial charge is 0.481 e. The molecule has 1 saturated heterocycles. The molecule has 0 aliphatic carbocycles. The Morgan fingerprint density at radius 3 is 2.76 bits per heavy atom. The number of hydrogen-bond donors (Lipinski definition) is 2. The van der Waals surface area contributed by atoms with Gasteiger partial charge in [-0.3, -0.25) is 4.79 Å². The number of amides is 2. The highest BCUT2D eigenvalue weighted by Crippen LogP contribution is 2.20. The monoisotopic (exact) mass is 316 g/mol. The Morgan fingerprint density at radius 2 is 2.05 bits per heavy atom. The number of carboxylic acid groups (broad SMARTS) is 1. The van der Waals surface area contributed by atoms with Crippen molar-refractivity contribution in [3.8, 4) is 0 Å². The summed E-state index contributed by atoms with van der Waals surface area (Å²) < 4.78 is 0. The van der Waals surface area contributed by atoms with Gasteiger partial charge in [0.05, 0.1) is 0 Å². The molecule has 6 heteroatoms. The van der Waals surface area contributed by atoms with Crippen LogP contribution in [0.2, 0.25) is 0 Å². The molecule has 1 atom stereocenters. The molecule has 1 aliphatic heterocycles. The second-order valence-corrected chi connectivity index (χ2v) is 6.66. The molecule has 5 nitrogen and oxygen atoms in total. The number of rotatable bonds is 10. The van der Waals surface area contributed by atoms with Gasteiger partial charge in [0.2, 0.25) is 0 Å². The van der Waals surface area contributed by atoms with Crippen LogP contribution >= 0.6 is 11.8 Å². The lowest BCUT2D eigenvalue weighted by Gasteiger charge is -2.17. The molecule has 2 N–H and O–H groups in total. The molecule has 0 saturated carbocycles. The van der Waals surface area contributed by atoms with Gasteiger partial charge in [0, 0.05) is 26.1 Å². The van der Waals surface area contributed by atoms with Gasteiger partial charge >= 0.3 is 12.0 Å². The fourth-order valence-electron chi connectivity index (χ4n) is 2.61. The summed E-state index contributed by atoms with van der Waals surface area (Å²) in [5.74, 6) is 0.815. The third-order valence-electron chi connectivity index (χ3n) is 3.89. The lowest BCUT2D eigenvalue weighted by molar-refractivity contribution is -0.137. The molecular formula is C15H28N2O3S. The van der Waals surface area contributed by atoms with E-state index in [9.17, 15) is 9.59 Å². The van der Waals surface area contributed by atoms with E-state index in [0.717, 1.165) is 25.9 Å². The third kappa shape index (κ3) is 8.19. The van der Waals surface area contributed by atoms with Crippen LogP contribution < -0.4 is 5.32 Å². The zero-order valence-corrected chi connectivity index (χ0v) is 13.8. The van der Waals surface area contributed by atoms with Crippen LogP contribution in [0.3, 0.4) is 0 Å². The summed E-state index contributed by atoms with van der Waals surface area (Å²) in [4.78, 5) is 24.3. The Labute approximate surface area is 131 Å². The van der Waals surface area contributed by atoms with Gasteiger partial charge in [-0.05, 0) is 43.6 Å². The van der Waals surface area contributed by atoms with E-state index in [1.54, 1.807) is 0 Å². The van der Waals surface area contributed by atoms with Crippen molar-refractivity contribution in [3.63, 3.8) is 0 Å². The van der Waals surface area contributed by atoms with Crippen LogP contribution in [-0.2, 0) is 4.79 Å². The Kier molecular flexibility index (Phi) is 9.30. The number of carbonyl (C=O) groups is 2. The molecular weight excluding hydrogens is 288 g/mol. The van der Waals surface area contributed by atoms with Gasteiger partial charge in [0.15, 0.2) is 0 Å². The van der Waals surface area contributed by atoms with E-state index < -0.39 is 5.97 Å². The number of hydrogen-bond acceptors (Lipinski definition) is 3. The summed E-state index contributed by atoms with van der Waals surface area (Å²) >= 11 is 1.88. The quantitative estimate of drug-likeness (QED) is 0.608. The second kappa shape index (κ2) is 10.8. The van der Waals surface area contributed by atoms with Crippen molar-refractivity contribution in [3.05, 3.63) is 0 Å². The molecule has 0 aromatic carbocycles. The summed E-state index contributed by atoms with van der Waals surface area (Å²) in [5.41, 5.74) is 0. The van der Waals surface area contributed by atoms with Crippen LogP contribution in [0.1, 0.15) is 44.9 Å². The molecule has 1 rings (SSSR count). The van der Waals surface area contributed by atoms with E-state index in [4.69, 9.17) is 5.11 Å². The first-order chi connectivity index (χ1) is 10.1. The number of carboxylic acids is 1. The molecule has 1 unspecified atom stereocenters. The van der Waals surface area contributed by atoms with Crippen LogP contribution in [0.4, 0.5) is 4.79 Å². The van der Waals surface area contributed by atoms with Crippen molar-refractivity contribution in [1.29, 1.82) is 0 Å². The van der Waals surface area contributed by atoms with Gasteiger partial charge in [-0.1, -0.05) is 12.8 Å². The lowest BCUT2D eigenvalue weighted by Crippen LogP contribution is -2.38. The average Bonchev–Trinajstić information content (AvgIpc) is 2.93. The maximum Gasteiger partial charge on any atom is 0.317 e. The number of carbonyl (C=O) groups excluding carboxylic acids is 1. The van der Waals surface area contributed by atoms with Crippen LogP contribution in [-0.4, -0.2) is 53.6 Å². The molecule has 21 heavy (non-hydrogen) atoms. The zero-order valence-electron chi connectivity index (χ0n) is 13.0. The van der Waals surface area contributed by atoms with Crippen molar-refractivity contribution in [2.75, 3.05) is 31.6 Å². The fraction of sp³-hybridized carbons (Fsp3) is 0.867. The van der Waals surface area contributed by atoms with E-state index in [2.05, 4.69) is 11.6 Å². The standard InChI is InChI=1S/C15H28N2O3S/c1-21-11-5-3-2-4-9-16-15(20)17-10-8-13(12-17)6-7-14(18)19/h13H,2-12H2,1H3,(H,16,20)(H,18,19). The van der Waals surface area contributed by atoms with Crippen molar-refractivity contribution >= 4 is 23.8 Å². The second-order valence-electron chi connectivity index (χ2n) is 5.67. The number of thioether (sulfide) groups is 1. The molecule has 0 spiro atoms. The smallest absolute Gasteiger partial charge is 0.317 e. The fourth-order valence-corrected chi connectivity index (χ4v) is 3.11. The molecule has 1 aliphatic rings. The van der Waals surface area contributed by atoms with Gasteiger partial charge in [-0.25, -0.2) is 4.79 Å². The third-order valence-corrected chi connectivity index (χ3v) is 4.59. The Hall–Kier alpha value is -0.910. The highest BCUT2D eigenvalue weighted by atomic mass is 32.2. The normalized spacial score (nSPS) is 18.0. The van der Waals surface area contributed by atoms with Gasteiger partial charge in [-0.2, -0.15) is 11.8 Å². The maximum absolute atomic E-state index is 12.0. The van der Waals surface area contributed by atoms with Gasteiger partial charge < -0.3 is 15.3 Å². The minimum atomic E-state index is -0.751. The van der Waals surface area contributed by atoms with Crippen molar-refractivity contribution in [2.45, 2.75) is 44.9 Å². The topological polar surface area (TPSA) is 69.6 Å². The number of likely N-dealkylation sites (tertiary alicyclic amines) is 1. The highest BCUT2D eigenvalue weighted by Gasteiger charge is 2.26. The Bertz CT molecular complexity index is 326. The van der Waals surface area contributed by atoms with Crippen molar-refractivity contribution in [1.82, 2.24) is 10.2 Å². The molecule has 1 fully saturated rings. The van der Waals surface area contributed by atoms with Gasteiger partial charge in [-0.15, -0.1) is 0 Å². The molecule has 0 aromatic rings. The van der Waals surface area contributed by atoms with E-state index in [1.165, 1.54) is 25.0 Å². The number of aliphatic carboxylic acids is 1. The summed E-state index contributed by atoms with van der Waals surface area (Å²) in [6.07, 6.45) is 8.63. The first kappa shape index (κ1) is 18.1. The van der Waals surface area contributed by atoms with Gasteiger partial charge in [0.25, 0.3) is 0 Å². The number of nitrogens with zero attached hydrogens (tertiary/aromatic N) is 1. The van der Waals surface area contributed by atoms with Crippen LogP contribution in [0.25, 0.3) is 0 Å². The number of urea groups is 1. The van der Waals surface area contributed by atoms with E-state index in [1.807, 2.05) is 16.7 Å². The maximum atomic E-state index is 12.0. The summed E-state index contributed by atoms with van der Waals surface area (Å²) in [5, 5.41) is 11.6. The molecule has 0 aromatic heterocycles. The van der Waals surface area contributed by atoms with Crippen LogP contribution in [0, 0.1) is 5.92 Å². The summed E-state index contributed by atoms with van der Waals surface area (Å²) in [6, 6.07) is 0.0111. The zero-order chi connectivity index (χ0) is 15.5. The SMILES string of the molecule is CSCCCCCCNC(=O)N1CCC(CCC(=O)O)C1. The summed E-state index contributed by atoms with van der Waals surface area (Å²) in [6.45, 7) is 2.20. The van der Waals surface area contributed by atoms with Crippen LogP contribution in [0.15, 0.2) is 0 Å². The first-order valence-electron chi connectivity index (χ1n) is 7.87. The highest BCUT2D eigenvalue weighted by molar-refractivity contribution is 7.98. The summed E-state index contributed by atoms with van der Waals surface area (Å²) in [7, 11) is 0. The van der Waals surface area contributed by atoms with Crippen molar-refractivity contribution < 1.29 is 14.7 Å². The Balaban J connectivity index is 2.04. The van der Waals surface area contributed by atoms with E-state index >= 15 is 0 Å². The number of unbranched alkanes of at least 4 members (excludes halogenated alkanes) is 3. The predicted octanol–water partition coefficient (Wildman–Crippen LogP) is 2.81. The van der Waals surface area contributed by atoms with Crippen molar-refractivity contribution in [2.24, 2.45) is 5.92 Å². The Morgan fingerprint density at radius 1 is 1.29 bits per heavy atom. The lowest BCUT2D eigenvalue weighted by atomic mass is 10.0. The molecule has 1 heterocycles. The molecule has 0 radical (unpaired) electrons. The first-order valence-corrected chi connectivity index (χ1v) is 9.26. The molecule has 0 bridgehead atoms. The average molecular weight is 316 g/mol. The van der Waals surface area contributed by atoms with Crippen LogP contribution in [0.5, 0.6) is 0 Å².